The second-order valence-electron chi connectivity index (χ2n) is 10.5. The minimum atomic E-state index is -2.06. The van der Waals surface area contributed by atoms with E-state index in [0.717, 1.165) is 0 Å². The van der Waals surface area contributed by atoms with Gasteiger partial charge in [-0.1, -0.05) is 37.1 Å². The van der Waals surface area contributed by atoms with Crippen LogP contribution in [-0.2, 0) is 23.8 Å². The maximum atomic E-state index is 17.3. The van der Waals surface area contributed by atoms with Crippen LogP contribution in [0.4, 0.5) is 9.18 Å². The summed E-state index contributed by atoms with van der Waals surface area (Å²) in [5, 5.41) is 11.4. The molecule has 4 rings (SSSR count). The van der Waals surface area contributed by atoms with Gasteiger partial charge in [-0.2, -0.15) is 0 Å². The first-order chi connectivity index (χ1) is 15.9. The van der Waals surface area contributed by atoms with E-state index in [0.29, 0.717) is 24.8 Å². The summed E-state index contributed by atoms with van der Waals surface area (Å²) in [5.74, 6) is -2.59. The van der Waals surface area contributed by atoms with E-state index >= 15 is 4.39 Å². The van der Waals surface area contributed by atoms with Crippen LogP contribution >= 0.6 is 11.6 Å². The van der Waals surface area contributed by atoms with Gasteiger partial charge in [0.1, 0.15) is 0 Å². The number of alkyl halides is 2. The van der Waals surface area contributed by atoms with Gasteiger partial charge in [0.25, 0.3) is 0 Å². The molecule has 188 valence electrons. The van der Waals surface area contributed by atoms with Crippen LogP contribution in [-0.4, -0.2) is 53.1 Å². The SMILES string of the molecule is CCOC(=O)O[C@]1(C(=O)OCCl)[C@@H](C)C[C@H]2[C@@H]3CCC4=CC(=O)C=C[C@]4(C)[C@@]3(F)[C@@H](O)C[C@@]21C. The molecular weight excluding hydrogens is 467 g/mol. The number of hydrogen-bond donors (Lipinski definition) is 1. The summed E-state index contributed by atoms with van der Waals surface area (Å²) >= 11 is 5.71. The highest BCUT2D eigenvalue weighted by Gasteiger charge is 2.78. The summed E-state index contributed by atoms with van der Waals surface area (Å²) in [6, 6.07) is -0.440. The van der Waals surface area contributed by atoms with Gasteiger partial charge in [-0.05, 0) is 57.6 Å². The molecule has 4 aliphatic rings. The van der Waals surface area contributed by atoms with Crippen molar-refractivity contribution in [3.63, 3.8) is 0 Å². The van der Waals surface area contributed by atoms with Crippen molar-refractivity contribution in [2.45, 2.75) is 70.8 Å². The Labute approximate surface area is 203 Å². The molecule has 0 aromatic heterocycles. The minimum absolute atomic E-state index is 0.0470. The number of aliphatic hydroxyl groups is 1. The normalized spacial score (nSPS) is 44.9. The molecule has 0 unspecified atom stereocenters. The largest absolute Gasteiger partial charge is 0.509 e. The molecule has 0 aromatic rings. The predicted molar refractivity (Wildman–Crippen MR) is 121 cm³/mol. The molecule has 3 fully saturated rings. The Hall–Kier alpha value is -1.93. The van der Waals surface area contributed by atoms with Crippen LogP contribution in [0.1, 0.15) is 53.4 Å². The van der Waals surface area contributed by atoms with Crippen LogP contribution in [0, 0.1) is 28.6 Å². The van der Waals surface area contributed by atoms with Gasteiger partial charge in [0.2, 0.25) is 5.60 Å². The van der Waals surface area contributed by atoms with Gasteiger partial charge < -0.3 is 19.3 Å². The van der Waals surface area contributed by atoms with E-state index in [9.17, 15) is 19.5 Å². The van der Waals surface area contributed by atoms with Crippen LogP contribution in [0.15, 0.2) is 23.8 Å². The molecule has 4 aliphatic carbocycles. The molecule has 8 atom stereocenters. The quantitative estimate of drug-likeness (QED) is 0.456. The van der Waals surface area contributed by atoms with E-state index in [1.54, 1.807) is 33.8 Å². The fourth-order valence-electron chi connectivity index (χ4n) is 7.66. The molecule has 0 aromatic carbocycles. The second kappa shape index (κ2) is 8.33. The fraction of sp³-hybridized carbons (Fsp3) is 0.720. The summed E-state index contributed by atoms with van der Waals surface area (Å²) in [6.45, 7) is 6.91. The molecule has 7 nitrogen and oxygen atoms in total. The lowest BCUT2D eigenvalue weighted by molar-refractivity contribution is -0.229. The molecule has 0 bridgehead atoms. The van der Waals surface area contributed by atoms with Crippen LogP contribution in [0.2, 0.25) is 0 Å². The first-order valence-electron chi connectivity index (χ1n) is 11.8. The van der Waals surface area contributed by atoms with Crippen molar-refractivity contribution in [2.24, 2.45) is 28.6 Å². The van der Waals surface area contributed by atoms with Crippen molar-refractivity contribution in [1.82, 2.24) is 0 Å². The molecule has 0 heterocycles. The van der Waals surface area contributed by atoms with Crippen molar-refractivity contribution in [1.29, 1.82) is 0 Å². The summed E-state index contributed by atoms with van der Waals surface area (Å²) in [6.07, 6.45) is 3.03. The fourth-order valence-corrected chi connectivity index (χ4v) is 7.76. The summed E-state index contributed by atoms with van der Waals surface area (Å²) in [4.78, 5) is 37.9. The molecule has 9 heteroatoms. The maximum absolute atomic E-state index is 17.3. The molecule has 34 heavy (non-hydrogen) atoms. The van der Waals surface area contributed by atoms with Gasteiger partial charge in [0.05, 0.1) is 12.7 Å². The average molecular weight is 499 g/mol. The first kappa shape index (κ1) is 25.2. The standard InChI is InChI=1S/C25H32ClFO7/c1-5-32-21(31)34-25(20(30)33-13-26)14(2)10-18-17-7-6-15-11-16(28)8-9-22(15,3)24(17,27)19(29)12-23(18,25)4/h8-9,11,14,17-19,29H,5-7,10,12-13H2,1-4H3/t14-,17-,18-,19-,22-,23-,24-,25-/m0/s1. The molecule has 1 N–H and O–H groups in total. The molecule has 0 spiro atoms. The third-order valence-electron chi connectivity index (χ3n) is 9.18. The number of ether oxygens (including phenoxy) is 3. The van der Waals surface area contributed by atoms with Crippen molar-refractivity contribution in [3.05, 3.63) is 23.8 Å². The monoisotopic (exact) mass is 498 g/mol. The molecule has 0 aliphatic heterocycles. The second-order valence-corrected chi connectivity index (χ2v) is 10.7. The van der Waals surface area contributed by atoms with E-state index in [1.807, 2.05) is 0 Å². The van der Waals surface area contributed by atoms with Gasteiger partial charge in [0.15, 0.2) is 17.5 Å². The van der Waals surface area contributed by atoms with Crippen LogP contribution in [0.5, 0.6) is 0 Å². The zero-order valence-corrected chi connectivity index (χ0v) is 20.7. The zero-order valence-electron chi connectivity index (χ0n) is 19.9. The minimum Gasteiger partial charge on any atom is -0.446 e. The molecule has 0 radical (unpaired) electrons. The molecular formula is C25H32ClFO7. The number of hydrogen-bond acceptors (Lipinski definition) is 7. The molecule has 3 saturated carbocycles. The molecule has 0 amide bonds. The highest BCUT2D eigenvalue weighted by Crippen LogP contribution is 2.71. The Bertz CT molecular complexity index is 965. The number of carbonyl (C=O) groups is 3. The summed E-state index contributed by atoms with van der Waals surface area (Å²) < 4.78 is 33.2. The number of carbonyl (C=O) groups excluding carboxylic acids is 3. The van der Waals surface area contributed by atoms with Crippen LogP contribution in [0.3, 0.4) is 0 Å². The van der Waals surface area contributed by atoms with Crippen molar-refractivity contribution in [2.75, 3.05) is 12.7 Å². The Morgan fingerprint density at radius 1 is 1.26 bits per heavy atom. The lowest BCUT2D eigenvalue weighted by Gasteiger charge is -2.62. The number of aliphatic hydroxyl groups excluding tert-OH is 1. The van der Waals surface area contributed by atoms with Gasteiger partial charge >= 0.3 is 12.1 Å². The van der Waals surface area contributed by atoms with Crippen LogP contribution < -0.4 is 0 Å². The Kier molecular flexibility index (Phi) is 6.17. The smallest absolute Gasteiger partial charge is 0.446 e. The van der Waals surface area contributed by atoms with Crippen molar-refractivity contribution >= 4 is 29.5 Å². The third-order valence-corrected chi connectivity index (χ3v) is 9.29. The molecule has 0 saturated heterocycles. The van der Waals surface area contributed by atoms with E-state index < -0.39 is 64.1 Å². The zero-order chi connectivity index (χ0) is 25.1. The number of fused-ring (bicyclic) bond motifs is 5. The number of halogens is 2. The van der Waals surface area contributed by atoms with Crippen molar-refractivity contribution < 1.29 is 38.1 Å². The third kappa shape index (κ3) is 3.06. The lowest BCUT2D eigenvalue weighted by Crippen LogP contribution is -2.70. The van der Waals surface area contributed by atoms with Gasteiger partial charge in [0, 0.05) is 22.7 Å². The van der Waals surface area contributed by atoms with Gasteiger partial charge in [-0.15, -0.1) is 0 Å². The van der Waals surface area contributed by atoms with Crippen molar-refractivity contribution in [3.8, 4) is 0 Å². The van der Waals surface area contributed by atoms with Gasteiger partial charge in [-0.3, -0.25) is 4.79 Å². The van der Waals surface area contributed by atoms with E-state index in [-0.39, 0.29) is 18.8 Å². The van der Waals surface area contributed by atoms with E-state index in [1.165, 1.54) is 12.2 Å². The summed E-state index contributed by atoms with van der Waals surface area (Å²) in [5.41, 5.74) is -5.47. The average Bonchev–Trinajstić information content (AvgIpc) is 2.97. The Balaban J connectivity index is 1.83. The Morgan fingerprint density at radius 2 is 1.97 bits per heavy atom. The van der Waals surface area contributed by atoms with E-state index in [2.05, 4.69) is 0 Å². The number of rotatable bonds is 4. The van der Waals surface area contributed by atoms with Crippen LogP contribution in [0.25, 0.3) is 0 Å². The topological polar surface area (TPSA) is 99.1 Å². The number of allylic oxidation sites excluding steroid dienone is 4. The highest BCUT2D eigenvalue weighted by atomic mass is 35.5. The maximum Gasteiger partial charge on any atom is 0.509 e. The highest BCUT2D eigenvalue weighted by molar-refractivity contribution is 6.17. The first-order valence-corrected chi connectivity index (χ1v) is 12.4. The Morgan fingerprint density at radius 3 is 2.62 bits per heavy atom. The predicted octanol–water partition coefficient (Wildman–Crippen LogP) is 4.25. The number of esters is 1. The number of ketones is 1. The lowest BCUT2D eigenvalue weighted by atomic mass is 9.44. The van der Waals surface area contributed by atoms with E-state index in [4.69, 9.17) is 25.8 Å². The summed E-state index contributed by atoms with van der Waals surface area (Å²) in [7, 11) is 0. The van der Waals surface area contributed by atoms with Gasteiger partial charge in [-0.25, -0.2) is 14.0 Å².